The van der Waals surface area contributed by atoms with Gasteiger partial charge in [0.1, 0.15) is 7.05 Å². The van der Waals surface area contributed by atoms with Crippen molar-refractivity contribution in [3.05, 3.63) is 92.7 Å². The Morgan fingerprint density at radius 1 is 1.02 bits per heavy atom. The average molecular weight is 771 g/mol. The standard InChI is InChI=1S/C39H47ClN2O8S2/c1-24-20-28(51-50-49-45)22-30-36(24)41(7)32(38(30,3)4)17-15-26-12-11-13-27(35(26)40)16-18-33-39(5,6)31-23-29(52(46,47)48)21-25(2)37(31)42(33)19-10-8-9-14-34(43)44/h15-18,20-23H,8-14,19H2,1-7H3,(H2-,43,44,45,46,47,48). The van der Waals surface area contributed by atoms with E-state index in [2.05, 4.69) is 64.0 Å². The van der Waals surface area contributed by atoms with Gasteiger partial charge in [-0.05, 0) is 112 Å². The number of benzene rings is 2. The molecule has 0 radical (unpaired) electrons. The first-order valence-corrected chi connectivity index (χ1v) is 19.9. The Hall–Kier alpha value is -3.23. The monoisotopic (exact) mass is 770 g/mol. The van der Waals surface area contributed by atoms with E-state index in [-0.39, 0.29) is 16.7 Å². The molecule has 3 aliphatic rings. The summed E-state index contributed by atoms with van der Waals surface area (Å²) >= 11 is 8.03. The lowest BCUT2D eigenvalue weighted by Crippen LogP contribution is -2.27. The molecule has 2 aromatic carbocycles. The maximum absolute atomic E-state index is 12.2. The molecule has 0 aromatic heterocycles. The fraction of sp³-hybridized carbons (Fsp3) is 0.436. The lowest BCUT2D eigenvalue weighted by atomic mass is 9.80. The second-order valence-electron chi connectivity index (χ2n) is 14.8. The fourth-order valence-corrected chi connectivity index (χ4v) is 9.32. The predicted octanol–water partition coefficient (Wildman–Crippen LogP) is 8.27. The quantitative estimate of drug-likeness (QED) is 0.0511. The molecule has 0 unspecified atom stereocenters. The number of hydrogen-bond acceptors (Lipinski definition) is 8. The van der Waals surface area contributed by atoms with Crippen molar-refractivity contribution in [2.75, 3.05) is 18.5 Å². The molecule has 1 aliphatic carbocycles. The molecule has 2 heterocycles. The van der Waals surface area contributed by atoms with Crippen LogP contribution in [0.3, 0.4) is 0 Å². The highest BCUT2D eigenvalue weighted by molar-refractivity contribution is 7.94. The molecule has 52 heavy (non-hydrogen) atoms. The van der Waals surface area contributed by atoms with Gasteiger partial charge in [0.05, 0.1) is 22.4 Å². The third kappa shape index (κ3) is 7.99. The van der Waals surface area contributed by atoms with Crippen LogP contribution in [0.15, 0.2) is 80.2 Å². The number of halogens is 1. The number of unbranched alkanes of at least 4 members (excludes halogenated alkanes) is 2. The molecular weight excluding hydrogens is 724 g/mol. The van der Waals surface area contributed by atoms with Crippen molar-refractivity contribution in [2.24, 2.45) is 0 Å². The zero-order chi connectivity index (χ0) is 38.2. The molecule has 2 aromatic rings. The second kappa shape index (κ2) is 15.6. The third-order valence-corrected chi connectivity index (χ3v) is 12.4. The number of anilines is 1. The van der Waals surface area contributed by atoms with Crippen molar-refractivity contribution in [3.63, 3.8) is 0 Å². The van der Waals surface area contributed by atoms with Gasteiger partial charge in [0.25, 0.3) is 10.1 Å². The van der Waals surface area contributed by atoms with Gasteiger partial charge < -0.3 is 15.3 Å². The van der Waals surface area contributed by atoms with Gasteiger partial charge in [-0.15, -0.1) is 0 Å². The predicted molar refractivity (Wildman–Crippen MR) is 203 cm³/mol. The maximum atomic E-state index is 12.2. The SMILES string of the molecule is Cc1cc(S(=O)(=O)O)cc2c1N(CCCCCC(=O)O)/C(=C/C=C1\CCCC(/C=C/C3=[N+](C)c4c(C)cc(SOO[O-])cc4C3(C)C)=C1Cl)C2(C)C. The lowest BCUT2D eigenvalue weighted by molar-refractivity contribution is -0.777. The second-order valence-corrected chi connectivity index (χ2v) is 17.4. The van der Waals surface area contributed by atoms with Crippen LogP contribution in [0, 0.1) is 13.8 Å². The van der Waals surface area contributed by atoms with E-state index in [4.69, 9.17) is 16.7 Å². The van der Waals surface area contributed by atoms with E-state index in [9.17, 15) is 23.0 Å². The molecule has 0 saturated heterocycles. The Labute approximate surface area is 316 Å². The van der Waals surface area contributed by atoms with Crippen molar-refractivity contribution in [2.45, 2.75) is 107 Å². The van der Waals surface area contributed by atoms with Crippen molar-refractivity contribution in [3.8, 4) is 0 Å². The van der Waals surface area contributed by atoms with E-state index in [1.165, 1.54) is 6.07 Å². The number of carboxylic acids is 1. The van der Waals surface area contributed by atoms with E-state index in [1.807, 2.05) is 39.8 Å². The van der Waals surface area contributed by atoms with Crippen molar-refractivity contribution in [1.29, 1.82) is 0 Å². The number of nitrogens with zero attached hydrogens (tertiary/aromatic N) is 2. The van der Waals surface area contributed by atoms with Crippen LogP contribution in [-0.2, 0) is 35.1 Å². The lowest BCUT2D eigenvalue weighted by Gasteiger charge is -2.27. The normalized spacial score (nSPS) is 19.8. The Balaban J connectivity index is 1.48. The van der Waals surface area contributed by atoms with Crippen molar-refractivity contribution >= 4 is 56.8 Å². The smallest absolute Gasteiger partial charge is 0.303 e. The largest absolute Gasteiger partial charge is 0.691 e. The molecule has 2 N–H and O–H groups in total. The number of carbonyl (C=O) groups is 1. The Morgan fingerprint density at radius 2 is 1.75 bits per heavy atom. The number of fused-ring (bicyclic) bond motifs is 2. The summed E-state index contributed by atoms with van der Waals surface area (Å²) in [6.07, 6.45) is 13.1. The molecule has 0 fully saturated rings. The van der Waals surface area contributed by atoms with E-state index in [1.54, 1.807) is 6.07 Å². The summed E-state index contributed by atoms with van der Waals surface area (Å²) < 4.78 is 41.1. The Kier molecular flexibility index (Phi) is 12.0. The number of aliphatic carboxylic acids is 1. The van der Waals surface area contributed by atoms with E-state index < -0.39 is 21.5 Å². The van der Waals surface area contributed by atoms with Crippen LogP contribution >= 0.6 is 23.6 Å². The summed E-state index contributed by atoms with van der Waals surface area (Å²) in [5, 5.41) is 23.8. The number of allylic oxidation sites excluding steroid dienone is 8. The molecule has 13 heteroatoms. The van der Waals surface area contributed by atoms with Crippen LogP contribution in [-0.4, -0.2) is 47.9 Å². The van der Waals surface area contributed by atoms with Gasteiger partial charge in [0.15, 0.2) is 5.71 Å². The summed E-state index contributed by atoms with van der Waals surface area (Å²) in [5.74, 6) is -0.814. The van der Waals surface area contributed by atoms with Crippen LogP contribution in [0.25, 0.3) is 0 Å². The average Bonchev–Trinajstić information content (AvgIpc) is 3.39. The van der Waals surface area contributed by atoms with Crippen molar-refractivity contribution in [1.82, 2.24) is 0 Å². The summed E-state index contributed by atoms with van der Waals surface area (Å²) in [6, 6.07) is 7.05. The minimum Gasteiger partial charge on any atom is -0.691 e. The van der Waals surface area contributed by atoms with Gasteiger partial charge in [0, 0.05) is 56.9 Å². The molecule has 0 bridgehead atoms. The maximum Gasteiger partial charge on any atom is 0.303 e. The van der Waals surface area contributed by atoms with Crippen LogP contribution < -0.4 is 10.2 Å². The highest BCUT2D eigenvalue weighted by Crippen LogP contribution is 2.51. The van der Waals surface area contributed by atoms with Gasteiger partial charge in [-0.2, -0.15) is 17.3 Å². The highest BCUT2D eigenvalue weighted by Gasteiger charge is 2.44. The summed E-state index contributed by atoms with van der Waals surface area (Å²) in [4.78, 5) is 13.9. The van der Waals surface area contributed by atoms with Crippen molar-refractivity contribution < 1.29 is 42.1 Å². The zero-order valence-electron chi connectivity index (χ0n) is 30.7. The molecule has 2 aliphatic heterocycles. The van der Waals surface area contributed by atoms with E-state index >= 15 is 0 Å². The van der Waals surface area contributed by atoms with E-state index in [0.29, 0.717) is 18.0 Å². The molecule has 5 rings (SSSR count). The molecule has 0 amide bonds. The summed E-state index contributed by atoms with van der Waals surface area (Å²) in [6.45, 7) is 12.9. The molecule has 0 saturated carbocycles. The summed E-state index contributed by atoms with van der Waals surface area (Å²) in [7, 11) is -2.36. The van der Waals surface area contributed by atoms with Crippen LogP contribution in [0.2, 0.25) is 0 Å². The van der Waals surface area contributed by atoms with Gasteiger partial charge in [-0.3, -0.25) is 14.4 Å². The highest BCUT2D eigenvalue weighted by atomic mass is 35.5. The van der Waals surface area contributed by atoms with Gasteiger partial charge in [0.2, 0.25) is 5.69 Å². The van der Waals surface area contributed by atoms with Gasteiger partial charge >= 0.3 is 5.97 Å². The summed E-state index contributed by atoms with van der Waals surface area (Å²) in [5.41, 5.74) is 8.92. The Morgan fingerprint density at radius 3 is 2.42 bits per heavy atom. The molecule has 280 valence electrons. The topological polar surface area (TPSA) is 139 Å². The fourth-order valence-electron chi connectivity index (χ4n) is 7.91. The molecule has 0 spiro atoms. The number of hydrogen-bond donors (Lipinski definition) is 2. The van der Waals surface area contributed by atoms with Crippen LogP contribution in [0.4, 0.5) is 11.4 Å². The van der Waals surface area contributed by atoms with Crippen LogP contribution in [0.1, 0.15) is 94.9 Å². The van der Waals surface area contributed by atoms with Gasteiger partial charge in [-0.25, -0.2) is 0 Å². The first-order valence-electron chi connectivity index (χ1n) is 17.4. The molecule has 10 nitrogen and oxygen atoms in total. The molecule has 0 atom stereocenters. The number of rotatable bonds is 13. The minimum absolute atomic E-state index is 0.115. The zero-order valence-corrected chi connectivity index (χ0v) is 33.1. The third-order valence-electron chi connectivity index (χ3n) is 10.5. The minimum atomic E-state index is -4.41. The first-order chi connectivity index (χ1) is 24.4. The number of carboxylic acid groups (broad SMARTS) is 1. The van der Waals surface area contributed by atoms with Gasteiger partial charge in [-0.1, -0.05) is 44.0 Å². The Bertz CT molecular complexity index is 2040. The first kappa shape index (κ1) is 40.0. The van der Waals surface area contributed by atoms with Crippen LogP contribution in [0.5, 0.6) is 0 Å². The number of aryl methyl sites for hydroxylation is 2. The molecular formula is C39H47ClN2O8S2. The van der Waals surface area contributed by atoms with E-state index in [0.717, 1.165) is 105 Å².